The fourth-order valence-electron chi connectivity index (χ4n) is 10.8. The molecule has 2 N–H and O–H groups in total. The number of aliphatic hydroxyl groups excluding tert-OH is 2. The van der Waals surface area contributed by atoms with Gasteiger partial charge in [0.15, 0.2) is 0 Å². The summed E-state index contributed by atoms with van der Waals surface area (Å²) in [4.78, 5) is 22.3. The molecule has 6 atom stereocenters. The van der Waals surface area contributed by atoms with Crippen LogP contribution in [0.2, 0.25) is 0 Å². The first-order chi connectivity index (χ1) is 32.9. The van der Waals surface area contributed by atoms with Gasteiger partial charge in [0.2, 0.25) is 5.79 Å². The number of hydrogen-bond acceptors (Lipinski definition) is 9. The summed E-state index contributed by atoms with van der Waals surface area (Å²) in [7, 11) is 0. The molecule has 6 rings (SSSR count). The van der Waals surface area contributed by atoms with E-state index in [2.05, 4.69) is 56.8 Å². The number of hydrogen-bond donors (Lipinski definition) is 2. The Hall–Kier alpha value is -4.64. The fraction of sp³-hybridized carbons (Fsp3) is 0.579. The van der Waals surface area contributed by atoms with Crippen LogP contribution in [-0.4, -0.2) is 78.3 Å². The van der Waals surface area contributed by atoms with E-state index in [0.29, 0.717) is 56.9 Å². The maximum atomic E-state index is 14.6. The molecule has 67 heavy (non-hydrogen) atoms. The summed E-state index contributed by atoms with van der Waals surface area (Å²) in [6.45, 7) is 12.0. The quantitative estimate of drug-likeness (QED) is 0.0385. The number of allylic oxidation sites excluding steroid dienone is 1. The average molecular weight is 921 g/mol. The van der Waals surface area contributed by atoms with Crippen molar-refractivity contribution in [3.63, 3.8) is 0 Å². The third-order valence-corrected chi connectivity index (χ3v) is 13.9. The molecule has 1 aliphatic heterocycles. The van der Waals surface area contributed by atoms with Crippen molar-refractivity contribution in [2.45, 2.75) is 154 Å². The third-order valence-electron chi connectivity index (χ3n) is 13.9. The zero-order valence-electron chi connectivity index (χ0n) is 40.9. The van der Waals surface area contributed by atoms with Crippen LogP contribution in [0, 0.1) is 17.8 Å². The van der Waals surface area contributed by atoms with Gasteiger partial charge in [0, 0.05) is 37.7 Å². The minimum atomic E-state index is -1.34. The Bertz CT molecular complexity index is 2000. The van der Waals surface area contributed by atoms with Crippen LogP contribution in [0.3, 0.4) is 0 Å². The number of oxime groups is 1. The molecule has 366 valence electrons. The maximum Gasteiger partial charge on any atom is 0.410 e. The van der Waals surface area contributed by atoms with E-state index in [1.165, 1.54) is 44.9 Å². The molecule has 0 unspecified atom stereocenters. The van der Waals surface area contributed by atoms with Gasteiger partial charge in [-0.05, 0) is 104 Å². The first-order valence-corrected chi connectivity index (χ1v) is 25.9. The lowest BCUT2D eigenvalue weighted by Gasteiger charge is -2.59. The molecule has 0 saturated heterocycles. The zero-order valence-corrected chi connectivity index (χ0v) is 40.9. The lowest BCUT2D eigenvalue weighted by Crippen LogP contribution is -2.70. The molecule has 1 fully saturated rings. The number of benzene rings is 3. The molecule has 1 heterocycles. The minimum Gasteiger partial charge on any atom is -0.459 e. The van der Waals surface area contributed by atoms with Gasteiger partial charge in [-0.2, -0.15) is 0 Å². The van der Waals surface area contributed by atoms with Crippen molar-refractivity contribution in [2.75, 3.05) is 39.6 Å². The highest BCUT2D eigenvalue weighted by Gasteiger charge is 2.65. The maximum absolute atomic E-state index is 14.6. The Morgan fingerprint density at radius 3 is 2.15 bits per heavy atom. The summed E-state index contributed by atoms with van der Waals surface area (Å²) in [5.41, 5.74) is 5.05. The van der Waals surface area contributed by atoms with Gasteiger partial charge in [0.05, 0.1) is 24.8 Å². The number of amides is 1. The second-order valence-electron chi connectivity index (χ2n) is 18.7. The SMILES string of the molecule is C=CCO[C@@]12Oc3ccc(Oc4ccc(-c5ccccc5)cc4)cc3[C@H]3[C@H](CCCCO)[C@@H](CCCCO)C=C(C(=NOCC)C[C@@H]1N(CCC)C(=O)OCCCCCCCCCCCC)[C@H]32. The first-order valence-electron chi connectivity index (χ1n) is 25.9. The molecule has 3 aliphatic rings. The Morgan fingerprint density at radius 1 is 0.806 bits per heavy atom. The number of carbonyl (C=O) groups is 1. The molecule has 1 amide bonds. The molecule has 0 radical (unpaired) electrons. The van der Waals surface area contributed by atoms with Crippen LogP contribution >= 0.6 is 0 Å². The third kappa shape index (κ3) is 13.5. The molecular weight excluding hydrogens is 841 g/mol. The fourth-order valence-corrected chi connectivity index (χ4v) is 10.8. The van der Waals surface area contributed by atoms with E-state index >= 15 is 0 Å². The van der Waals surface area contributed by atoms with Crippen LogP contribution in [-0.2, 0) is 14.3 Å². The lowest BCUT2D eigenvalue weighted by atomic mass is 9.55. The number of rotatable bonds is 30. The van der Waals surface area contributed by atoms with Crippen molar-refractivity contribution in [1.82, 2.24) is 4.90 Å². The Morgan fingerprint density at radius 2 is 1.48 bits per heavy atom. The molecule has 10 nitrogen and oxygen atoms in total. The molecule has 3 aromatic rings. The van der Waals surface area contributed by atoms with E-state index in [1.807, 2.05) is 54.3 Å². The highest BCUT2D eigenvalue weighted by Crippen LogP contribution is 2.62. The molecule has 0 bridgehead atoms. The van der Waals surface area contributed by atoms with Gasteiger partial charge in [-0.1, -0.05) is 144 Å². The van der Waals surface area contributed by atoms with Gasteiger partial charge in [-0.15, -0.1) is 6.58 Å². The van der Waals surface area contributed by atoms with E-state index in [9.17, 15) is 15.0 Å². The van der Waals surface area contributed by atoms with Crippen molar-refractivity contribution >= 4 is 11.8 Å². The van der Waals surface area contributed by atoms with Crippen molar-refractivity contribution in [2.24, 2.45) is 22.9 Å². The smallest absolute Gasteiger partial charge is 0.410 e. The van der Waals surface area contributed by atoms with Crippen LogP contribution in [0.15, 0.2) is 102 Å². The van der Waals surface area contributed by atoms with E-state index in [1.54, 1.807) is 6.08 Å². The molecule has 1 saturated carbocycles. The van der Waals surface area contributed by atoms with Gasteiger partial charge in [-0.3, -0.25) is 4.90 Å². The van der Waals surface area contributed by atoms with Gasteiger partial charge in [0.25, 0.3) is 0 Å². The van der Waals surface area contributed by atoms with Crippen molar-refractivity contribution in [3.05, 3.63) is 103 Å². The van der Waals surface area contributed by atoms with Crippen LogP contribution in [0.4, 0.5) is 4.79 Å². The van der Waals surface area contributed by atoms with Gasteiger partial charge in [-0.25, -0.2) is 4.79 Å². The van der Waals surface area contributed by atoms with Crippen LogP contribution in [0.25, 0.3) is 11.1 Å². The predicted octanol–water partition coefficient (Wildman–Crippen LogP) is 13.6. The van der Waals surface area contributed by atoms with Gasteiger partial charge < -0.3 is 34.0 Å². The summed E-state index contributed by atoms with van der Waals surface area (Å²) < 4.78 is 27.3. The Kier molecular flexibility index (Phi) is 21.1. The van der Waals surface area contributed by atoms with E-state index in [-0.39, 0.29) is 43.7 Å². The monoisotopic (exact) mass is 921 g/mol. The minimum absolute atomic E-state index is 0.101. The lowest BCUT2D eigenvalue weighted by molar-refractivity contribution is -0.255. The number of unbranched alkanes of at least 4 members (excludes halogenated alkanes) is 11. The van der Waals surface area contributed by atoms with Gasteiger partial charge >= 0.3 is 6.09 Å². The normalized spacial score (nSPS) is 22.3. The second-order valence-corrected chi connectivity index (χ2v) is 18.7. The summed E-state index contributed by atoms with van der Waals surface area (Å²) in [6.07, 6.45) is 21.6. The Balaban J connectivity index is 1.38. The summed E-state index contributed by atoms with van der Waals surface area (Å²) in [5.74, 6) is 0.428. The number of fused-ring (bicyclic) bond motifs is 2. The van der Waals surface area contributed by atoms with E-state index in [4.69, 9.17) is 28.9 Å². The van der Waals surface area contributed by atoms with Crippen LogP contribution in [0.5, 0.6) is 17.2 Å². The number of aliphatic hydroxyl groups is 2. The summed E-state index contributed by atoms with van der Waals surface area (Å²) in [6, 6.07) is 23.9. The molecule has 0 spiro atoms. The second kappa shape index (κ2) is 27.4. The van der Waals surface area contributed by atoms with Crippen molar-refractivity contribution in [1.29, 1.82) is 0 Å². The van der Waals surface area contributed by atoms with E-state index in [0.717, 1.165) is 78.7 Å². The molecular formula is C57H80N2O8. The zero-order chi connectivity index (χ0) is 47.3. The highest BCUT2D eigenvalue weighted by molar-refractivity contribution is 6.03. The number of ether oxygens (including phenoxy) is 4. The van der Waals surface area contributed by atoms with Gasteiger partial charge in [0.1, 0.15) is 29.9 Å². The van der Waals surface area contributed by atoms with Crippen LogP contribution in [0.1, 0.15) is 148 Å². The average Bonchev–Trinajstić information content (AvgIpc) is 3.35. The predicted molar refractivity (Wildman–Crippen MR) is 269 cm³/mol. The topological polar surface area (TPSA) is 119 Å². The summed E-state index contributed by atoms with van der Waals surface area (Å²) in [5, 5.41) is 24.8. The summed E-state index contributed by atoms with van der Waals surface area (Å²) >= 11 is 0. The number of nitrogens with zero attached hydrogens (tertiary/aromatic N) is 2. The Labute approximate surface area is 401 Å². The highest BCUT2D eigenvalue weighted by atomic mass is 16.7. The van der Waals surface area contributed by atoms with E-state index < -0.39 is 17.7 Å². The van der Waals surface area contributed by atoms with Crippen molar-refractivity contribution < 1.29 is 38.8 Å². The first kappa shape index (κ1) is 51.7. The molecule has 2 aliphatic carbocycles. The van der Waals surface area contributed by atoms with Crippen LogP contribution < -0.4 is 9.47 Å². The number of carbonyl (C=O) groups excluding carboxylic acids is 1. The standard InChI is InChI=1S/C57H80N2O8/c1-5-9-10-11-12-13-14-15-16-24-39-63-56(62)59(35-6-2)53-42-51(58-65-8-4)49-40-45(27-20-22-36-60)48(28-21-23-37-61)54-50-41-47(33-34-52(50)67-57(53,55(49)54)64-38-7-3)66-46-31-29-44(30-32-46)43-25-18-17-19-26-43/h7,17-19,25-26,29-34,40-41,45,48,53-55,60-61H,3,5-6,8-16,20-24,27-28,35-39,42H2,1-2,4H3/t45-,48+,53-,54+,55+,57+/m0/s1. The largest absolute Gasteiger partial charge is 0.459 e. The van der Waals surface area contributed by atoms with Crippen molar-refractivity contribution in [3.8, 4) is 28.4 Å². The molecule has 0 aromatic heterocycles. The molecule has 3 aromatic carbocycles. The molecule has 10 heteroatoms.